The Balaban J connectivity index is 2.78. The molecule has 0 N–H and O–H groups in total. The Kier molecular flexibility index (Phi) is 3.87. The molecule has 0 saturated heterocycles. The molecule has 4 nitrogen and oxygen atoms in total. The van der Waals surface area contributed by atoms with E-state index in [9.17, 15) is 9.59 Å². The molecule has 0 heterocycles. The second-order valence-electron chi connectivity index (χ2n) is 2.48. The van der Waals surface area contributed by atoms with E-state index in [1.54, 1.807) is 0 Å². The molecule has 0 aliphatic carbocycles. The summed E-state index contributed by atoms with van der Waals surface area (Å²) in [6.45, 7) is 1.31. The minimum Gasteiger partial charge on any atom is -0.427 e. The Morgan fingerprint density at radius 3 is 2.21 bits per heavy atom. The van der Waals surface area contributed by atoms with E-state index in [2.05, 4.69) is 3.07 Å². The van der Waals surface area contributed by atoms with Crippen LogP contribution in [-0.4, -0.2) is 11.9 Å². The topological polar surface area (TPSA) is 52.6 Å². The fourth-order valence-electron chi connectivity index (χ4n) is 0.870. The van der Waals surface area contributed by atoms with Crippen LogP contribution in [-0.2, 0) is 7.86 Å². The molecule has 14 heavy (non-hydrogen) atoms. The first-order chi connectivity index (χ1) is 6.63. The molecule has 0 amide bonds. The van der Waals surface area contributed by atoms with Gasteiger partial charge in [-0.1, -0.05) is 0 Å². The van der Waals surface area contributed by atoms with Crippen LogP contribution in [0.2, 0.25) is 0 Å². The minimum atomic E-state index is -0.431. The summed E-state index contributed by atoms with van der Waals surface area (Å²) in [5, 5.41) is 0. The summed E-state index contributed by atoms with van der Waals surface area (Å²) < 4.78 is 9.27. The van der Waals surface area contributed by atoms with Crippen molar-refractivity contribution in [1.29, 1.82) is 0 Å². The van der Waals surface area contributed by atoms with Gasteiger partial charge in [-0.15, -0.1) is 0 Å². The molecule has 0 aromatic heterocycles. The number of halogens is 1. The van der Waals surface area contributed by atoms with Crippen LogP contribution in [0.3, 0.4) is 0 Å². The molecule has 0 bridgehead atoms. The van der Waals surface area contributed by atoms with Crippen LogP contribution < -0.4 is 4.74 Å². The number of benzene rings is 1. The van der Waals surface area contributed by atoms with Gasteiger partial charge in [-0.05, 0) is 24.3 Å². The van der Waals surface area contributed by atoms with E-state index in [0.29, 0.717) is 11.3 Å². The monoisotopic (exact) mass is 306 g/mol. The van der Waals surface area contributed by atoms with E-state index >= 15 is 0 Å². The van der Waals surface area contributed by atoms with Gasteiger partial charge in [0, 0.05) is 6.92 Å². The van der Waals surface area contributed by atoms with Crippen molar-refractivity contribution in [2.24, 2.45) is 0 Å². The number of hydrogen-bond acceptors (Lipinski definition) is 4. The molecular weight excluding hydrogens is 299 g/mol. The van der Waals surface area contributed by atoms with E-state index in [0.717, 1.165) is 0 Å². The molecule has 1 aromatic rings. The lowest BCUT2D eigenvalue weighted by molar-refractivity contribution is -0.131. The van der Waals surface area contributed by atoms with Crippen LogP contribution in [0.25, 0.3) is 0 Å². The number of hydrogen-bond donors (Lipinski definition) is 0. The minimum absolute atomic E-state index is 0.394. The highest BCUT2D eigenvalue weighted by molar-refractivity contribution is 14.1. The Morgan fingerprint density at radius 2 is 1.79 bits per heavy atom. The predicted octanol–water partition coefficient (Wildman–Crippen LogP) is 2.12. The van der Waals surface area contributed by atoms with Gasteiger partial charge < -0.3 is 7.80 Å². The SMILES string of the molecule is CC(=O)Oc1ccc(C(=O)OI)cc1. The third-order valence-electron chi connectivity index (χ3n) is 1.42. The standard InChI is InChI=1S/C9H7IO4/c1-6(11)13-8-4-2-7(3-5-8)9(12)14-10/h2-5H,1H3. The van der Waals surface area contributed by atoms with Crippen LogP contribution in [0, 0.1) is 0 Å². The second-order valence-corrected chi connectivity index (χ2v) is 2.92. The van der Waals surface area contributed by atoms with Gasteiger partial charge in [0.2, 0.25) is 0 Å². The summed E-state index contributed by atoms with van der Waals surface area (Å²) in [5.41, 5.74) is 0.412. The lowest BCUT2D eigenvalue weighted by atomic mass is 10.2. The van der Waals surface area contributed by atoms with Gasteiger partial charge >= 0.3 is 11.9 Å². The molecule has 0 unspecified atom stereocenters. The number of rotatable bonds is 2. The molecule has 1 aromatic carbocycles. The lowest BCUT2D eigenvalue weighted by Gasteiger charge is -2.01. The summed E-state index contributed by atoms with van der Waals surface area (Å²) in [4.78, 5) is 21.6. The number of ether oxygens (including phenoxy) is 1. The Bertz CT molecular complexity index is 344. The van der Waals surface area contributed by atoms with Gasteiger partial charge in [0.15, 0.2) is 23.0 Å². The van der Waals surface area contributed by atoms with Crippen molar-refractivity contribution < 1.29 is 17.4 Å². The zero-order chi connectivity index (χ0) is 10.6. The molecule has 0 fully saturated rings. The first kappa shape index (κ1) is 11.0. The fraction of sp³-hybridized carbons (Fsp3) is 0.111. The Labute approximate surface area is 94.9 Å². The Morgan fingerprint density at radius 1 is 1.21 bits per heavy atom. The van der Waals surface area contributed by atoms with Crippen molar-refractivity contribution in [3.8, 4) is 5.75 Å². The molecule has 0 aliphatic rings. The smallest absolute Gasteiger partial charge is 0.347 e. The molecule has 5 heteroatoms. The average Bonchev–Trinajstić information content (AvgIpc) is 2.17. The van der Waals surface area contributed by atoms with Crippen molar-refractivity contribution in [3.05, 3.63) is 29.8 Å². The maximum atomic E-state index is 11.0. The summed E-state index contributed by atoms with van der Waals surface area (Å²) in [7, 11) is 0. The maximum Gasteiger partial charge on any atom is 0.347 e. The van der Waals surface area contributed by atoms with Gasteiger partial charge in [-0.2, -0.15) is 0 Å². The highest BCUT2D eigenvalue weighted by Gasteiger charge is 2.05. The third kappa shape index (κ3) is 2.99. The number of carbonyl (C=O) groups is 2. The van der Waals surface area contributed by atoms with E-state index < -0.39 is 11.9 Å². The van der Waals surface area contributed by atoms with Crippen LogP contribution in [0.4, 0.5) is 0 Å². The van der Waals surface area contributed by atoms with Crippen molar-refractivity contribution >= 4 is 34.9 Å². The third-order valence-corrected chi connectivity index (χ3v) is 1.82. The summed E-state index contributed by atoms with van der Waals surface area (Å²) in [5.74, 6) is -0.420. The molecule has 1 rings (SSSR count). The van der Waals surface area contributed by atoms with Crippen LogP contribution in [0.15, 0.2) is 24.3 Å². The largest absolute Gasteiger partial charge is 0.427 e. The van der Waals surface area contributed by atoms with Gasteiger partial charge in [0.25, 0.3) is 0 Å². The quantitative estimate of drug-likeness (QED) is 0.477. The van der Waals surface area contributed by atoms with E-state index in [1.165, 1.54) is 54.2 Å². The van der Waals surface area contributed by atoms with E-state index in [-0.39, 0.29) is 0 Å². The van der Waals surface area contributed by atoms with Crippen LogP contribution in [0.5, 0.6) is 5.75 Å². The molecule has 0 atom stereocenters. The lowest BCUT2D eigenvalue weighted by Crippen LogP contribution is -2.02. The first-order valence-corrected chi connectivity index (χ1v) is 4.63. The molecular formula is C9H7IO4. The summed E-state index contributed by atoms with van der Waals surface area (Å²) in [6.07, 6.45) is 0. The van der Waals surface area contributed by atoms with Gasteiger partial charge in [0.05, 0.1) is 5.56 Å². The second kappa shape index (κ2) is 4.94. The number of esters is 1. The highest BCUT2D eigenvalue weighted by Crippen LogP contribution is 2.13. The van der Waals surface area contributed by atoms with Crippen molar-refractivity contribution in [2.75, 3.05) is 0 Å². The van der Waals surface area contributed by atoms with Crippen molar-refractivity contribution in [2.45, 2.75) is 6.92 Å². The van der Waals surface area contributed by atoms with Crippen LogP contribution in [0.1, 0.15) is 17.3 Å². The summed E-state index contributed by atoms with van der Waals surface area (Å²) in [6, 6.07) is 6.12. The van der Waals surface area contributed by atoms with Gasteiger partial charge in [-0.3, -0.25) is 4.79 Å². The first-order valence-electron chi connectivity index (χ1n) is 3.75. The Hall–Kier alpha value is -1.11. The highest BCUT2D eigenvalue weighted by atomic mass is 127. The van der Waals surface area contributed by atoms with E-state index in [4.69, 9.17) is 4.74 Å². The average molecular weight is 306 g/mol. The fourth-order valence-corrected chi connectivity index (χ4v) is 1.12. The van der Waals surface area contributed by atoms with Crippen molar-refractivity contribution in [3.63, 3.8) is 0 Å². The zero-order valence-corrected chi connectivity index (χ0v) is 9.48. The predicted molar refractivity (Wildman–Crippen MR) is 57.2 cm³/mol. The maximum absolute atomic E-state index is 11.0. The van der Waals surface area contributed by atoms with Crippen molar-refractivity contribution in [1.82, 2.24) is 0 Å². The number of carbonyl (C=O) groups excluding carboxylic acids is 2. The molecule has 0 spiro atoms. The summed E-state index contributed by atoms with van der Waals surface area (Å²) >= 11 is 1.51. The van der Waals surface area contributed by atoms with Crippen LogP contribution >= 0.6 is 23.0 Å². The molecule has 0 saturated carbocycles. The van der Waals surface area contributed by atoms with Gasteiger partial charge in [-0.25, -0.2) is 4.79 Å². The van der Waals surface area contributed by atoms with Gasteiger partial charge in [0.1, 0.15) is 5.75 Å². The molecule has 74 valence electrons. The molecule has 0 radical (unpaired) electrons. The molecule has 0 aliphatic heterocycles. The normalized spacial score (nSPS) is 9.29. The van der Waals surface area contributed by atoms with E-state index in [1.807, 2.05) is 0 Å². The zero-order valence-electron chi connectivity index (χ0n) is 7.32.